The van der Waals surface area contributed by atoms with E-state index in [4.69, 9.17) is 4.74 Å². The number of hydrogen-bond donors (Lipinski definition) is 1. The number of phenolic OH excluding ortho intramolecular Hbond substituents is 1. The molecule has 6 rings (SSSR count). The average Bonchev–Trinajstić information content (AvgIpc) is 3.53. The molecule has 6 nitrogen and oxygen atoms in total. The number of piperidine rings is 1. The first-order valence-corrected chi connectivity index (χ1v) is 16.2. The number of carbonyl (C=O) groups excluding carboxylic acids is 2. The van der Waals surface area contributed by atoms with E-state index in [2.05, 4.69) is 49.1 Å². The predicted molar refractivity (Wildman–Crippen MR) is 169 cm³/mol. The third-order valence-corrected chi connectivity index (χ3v) is 10.4. The van der Waals surface area contributed by atoms with Crippen molar-refractivity contribution < 1.29 is 19.4 Å². The number of phenols is 1. The van der Waals surface area contributed by atoms with E-state index in [-0.39, 0.29) is 41.7 Å². The van der Waals surface area contributed by atoms with Gasteiger partial charge in [-0.1, -0.05) is 54.5 Å². The van der Waals surface area contributed by atoms with E-state index in [1.54, 1.807) is 4.90 Å². The Hall–Kier alpha value is -3.22. The third-order valence-electron chi connectivity index (χ3n) is 10.4. The number of benzene rings is 2. The molecule has 1 aliphatic carbocycles. The number of ether oxygens (including phenoxy) is 1. The number of aromatic hydroxyl groups is 1. The Bertz CT molecular complexity index is 1410. The molecule has 3 aliphatic heterocycles. The van der Waals surface area contributed by atoms with Crippen LogP contribution in [0.1, 0.15) is 74.6 Å². The van der Waals surface area contributed by atoms with E-state index < -0.39 is 0 Å². The summed E-state index contributed by atoms with van der Waals surface area (Å²) < 4.78 is 6.41. The van der Waals surface area contributed by atoms with Crippen molar-refractivity contribution in [1.29, 1.82) is 0 Å². The van der Waals surface area contributed by atoms with Gasteiger partial charge in [0, 0.05) is 31.6 Å². The van der Waals surface area contributed by atoms with Crippen LogP contribution >= 0.6 is 0 Å². The summed E-state index contributed by atoms with van der Waals surface area (Å²) in [6.07, 6.45) is 7.35. The molecule has 3 heterocycles. The topological polar surface area (TPSA) is 70.1 Å². The standard InChI is InChI=1S/C37H46N2O4/c1-5-26(20-28-17-24(3)35(40)25(4)18-28)11-12-32-33-23(2)19-30-34(31(33)22-43-32)37(42)39(36(30)41)29-13-15-38(16-14-29)21-27-9-7-6-8-10-27/h6-10,17-18,20,29-32,34,40H,5,11-16,19,21-22H2,1-4H3/b26-20+/t30-,31+,32-,34-/m1/s1. The first kappa shape index (κ1) is 29.8. The Morgan fingerprint density at radius 3 is 2.37 bits per heavy atom. The van der Waals surface area contributed by atoms with Crippen LogP contribution in [0.3, 0.4) is 0 Å². The minimum Gasteiger partial charge on any atom is -0.507 e. The second-order valence-electron chi connectivity index (χ2n) is 13.2. The fourth-order valence-corrected chi connectivity index (χ4v) is 8.17. The van der Waals surface area contributed by atoms with Gasteiger partial charge in [0.15, 0.2) is 0 Å². The molecule has 0 aromatic heterocycles. The Morgan fingerprint density at radius 1 is 1.00 bits per heavy atom. The molecule has 0 spiro atoms. The lowest BCUT2D eigenvalue weighted by Gasteiger charge is -2.36. The highest BCUT2D eigenvalue weighted by molar-refractivity contribution is 6.06. The van der Waals surface area contributed by atoms with Crippen LogP contribution in [-0.4, -0.2) is 58.6 Å². The number of allylic oxidation sites excluding steroid dienone is 2. The molecule has 1 N–H and O–H groups in total. The van der Waals surface area contributed by atoms with Crippen molar-refractivity contribution in [2.24, 2.45) is 17.8 Å². The molecule has 4 atom stereocenters. The number of likely N-dealkylation sites (tertiary alicyclic amines) is 2. The van der Waals surface area contributed by atoms with Crippen molar-refractivity contribution in [1.82, 2.24) is 9.80 Å². The molecule has 6 heteroatoms. The van der Waals surface area contributed by atoms with Crippen LogP contribution in [0, 0.1) is 31.6 Å². The van der Waals surface area contributed by atoms with Gasteiger partial charge < -0.3 is 9.84 Å². The van der Waals surface area contributed by atoms with E-state index in [1.807, 2.05) is 32.0 Å². The SMILES string of the molecule is CC/C(=C\c1cc(C)c(O)c(C)c1)CC[C@H]1OC[C@H]2C1=C(C)C[C@H]1C(=O)N(C3CCN(Cc4ccccc4)CC3)C(=O)[C@H]12. The van der Waals surface area contributed by atoms with Crippen LogP contribution in [-0.2, 0) is 20.9 Å². The molecule has 0 saturated carbocycles. The highest BCUT2D eigenvalue weighted by Gasteiger charge is 2.57. The molecule has 0 radical (unpaired) electrons. The second-order valence-corrected chi connectivity index (χ2v) is 13.2. The highest BCUT2D eigenvalue weighted by atomic mass is 16.5. The maximum atomic E-state index is 14.0. The monoisotopic (exact) mass is 582 g/mol. The van der Waals surface area contributed by atoms with E-state index in [0.717, 1.165) is 68.4 Å². The second kappa shape index (κ2) is 12.4. The van der Waals surface area contributed by atoms with Gasteiger partial charge in [-0.3, -0.25) is 19.4 Å². The summed E-state index contributed by atoms with van der Waals surface area (Å²) in [7, 11) is 0. The summed E-state index contributed by atoms with van der Waals surface area (Å²) in [4.78, 5) is 31.8. The molecule has 0 bridgehead atoms. The quantitative estimate of drug-likeness (QED) is 0.281. The zero-order chi connectivity index (χ0) is 30.2. The fourth-order valence-electron chi connectivity index (χ4n) is 8.17. The molecular weight excluding hydrogens is 536 g/mol. The van der Waals surface area contributed by atoms with Crippen molar-refractivity contribution in [3.05, 3.63) is 81.4 Å². The van der Waals surface area contributed by atoms with Crippen molar-refractivity contribution in [3.63, 3.8) is 0 Å². The summed E-state index contributed by atoms with van der Waals surface area (Å²) in [6.45, 7) is 11.5. The summed E-state index contributed by atoms with van der Waals surface area (Å²) >= 11 is 0. The number of aryl methyl sites for hydroxylation is 2. The van der Waals surface area contributed by atoms with Gasteiger partial charge >= 0.3 is 0 Å². The van der Waals surface area contributed by atoms with Gasteiger partial charge in [0.2, 0.25) is 11.8 Å². The van der Waals surface area contributed by atoms with Crippen molar-refractivity contribution in [2.75, 3.05) is 19.7 Å². The van der Waals surface area contributed by atoms with Crippen LogP contribution in [0.2, 0.25) is 0 Å². The number of nitrogens with zero attached hydrogens (tertiary/aromatic N) is 2. The van der Waals surface area contributed by atoms with Crippen molar-refractivity contribution in [3.8, 4) is 5.75 Å². The molecule has 3 saturated heterocycles. The van der Waals surface area contributed by atoms with E-state index in [0.29, 0.717) is 18.8 Å². The molecule has 4 aliphatic rings. The summed E-state index contributed by atoms with van der Waals surface area (Å²) in [5.74, 6) is -0.0387. The molecule has 2 aromatic rings. The number of hydrogen-bond acceptors (Lipinski definition) is 5. The van der Waals surface area contributed by atoms with E-state index >= 15 is 0 Å². The Balaban J connectivity index is 1.10. The average molecular weight is 583 g/mol. The minimum absolute atomic E-state index is 0.00219. The summed E-state index contributed by atoms with van der Waals surface area (Å²) in [6, 6.07) is 14.6. The van der Waals surface area contributed by atoms with Gasteiger partial charge in [-0.05, 0) is 99.3 Å². The summed E-state index contributed by atoms with van der Waals surface area (Å²) in [5.41, 5.74) is 8.09. The van der Waals surface area contributed by atoms with Crippen LogP contribution in [0.15, 0.2) is 59.2 Å². The first-order chi connectivity index (χ1) is 20.7. The highest BCUT2D eigenvalue weighted by Crippen LogP contribution is 2.50. The number of amides is 2. The van der Waals surface area contributed by atoms with Gasteiger partial charge in [0.25, 0.3) is 0 Å². The van der Waals surface area contributed by atoms with Crippen LogP contribution in [0.25, 0.3) is 6.08 Å². The normalized spacial score (nSPS) is 26.8. The maximum absolute atomic E-state index is 14.0. The molecule has 0 unspecified atom stereocenters. The molecule has 43 heavy (non-hydrogen) atoms. The molecule has 2 aromatic carbocycles. The Morgan fingerprint density at radius 2 is 1.70 bits per heavy atom. The Labute approximate surface area is 256 Å². The molecule has 3 fully saturated rings. The lowest BCUT2D eigenvalue weighted by atomic mass is 9.70. The van der Waals surface area contributed by atoms with E-state index in [1.165, 1.54) is 22.3 Å². The van der Waals surface area contributed by atoms with Crippen molar-refractivity contribution in [2.45, 2.75) is 84.9 Å². The van der Waals surface area contributed by atoms with Gasteiger partial charge in [0.1, 0.15) is 5.75 Å². The zero-order valence-electron chi connectivity index (χ0n) is 26.1. The van der Waals surface area contributed by atoms with Gasteiger partial charge in [-0.15, -0.1) is 0 Å². The van der Waals surface area contributed by atoms with Gasteiger partial charge in [-0.25, -0.2) is 0 Å². The van der Waals surface area contributed by atoms with Gasteiger partial charge in [0.05, 0.1) is 24.5 Å². The third kappa shape index (κ3) is 5.84. The zero-order valence-corrected chi connectivity index (χ0v) is 26.1. The first-order valence-electron chi connectivity index (χ1n) is 16.2. The lowest BCUT2D eigenvalue weighted by Crippen LogP contribution is -2.47. The van der Waals surface area contributed by atoms with Crippen molar-refractivity contribution >= 4 is 17.9 Å². The molecule has 2 amide bonds. The lowest BCUT2D eigenvalue weighted by molar-refractivity contribution is -0.144. The van der Waals surface area contributed by atoms with E-state index in [9.17, 15) is 14.7 Å². The molecular formula is C37H46N2O4. The van der Waals surface area contributed by atoms with Crippen LogP contribution in [0.4, 0.5) is 0 Å². The Kier molecular flexibility index (Phi) is 8.61. The molecule has 228 valence electrons. The maximum Gasteiger partial charge on any atom is 0.234 e. The number of rotatable bonds is 8. The number of carbonyl (C=O) groups is 2. The fraction of sp³-hybridized carbons (Fsp3) is 0.514. The summed E-state index contributed by atoms with van der Waals surface area (Å²) in [5, 5.41) is 10.2. The minimum atomic E-state index is -0.275. The van der Waals surface area contributed by atoms with Crippen LogP contribution < -0.4 is 0 Å². The smallest absolute Gasteiger partial charge is 0.234 e. The predicted octanol–water partition coefficient (Wildman–Crippen LogP) is 6.58. The number of imide groups is 1. The van der Waals surface area contributed by atoms with Crippen LogP contribution in [0.5, 0.6) is 5.75 Å². The number of fused-ring (bicyclic) bond motifs is 3. The largest absolute Gasteiger partial charge is 0.507 e. The van der Waals surface area contributed by atoms with Gasteiger partial charge in [-0.2, -0.15) is 0 Å².